The molecule has 0 aliphatic rings. The van der Waals surface area contributed by atoms with Gasteiger partial charge in [-0.2, -0.15) is 4.98 Å². The molecule has 0 spiro atoms. The lowest BCUT2D eigenvalue weighted by atomic mass is 10.5. The average molecular weight is 185 g/mol. The average Bonchev–Trinajstić information content (AvgIpc) is 2.04. The van der Waals surface area contributed by atoms with Gasteiger partial charge in [-0.15, -0.1) is 0 Å². The molecule has 0 radical (unpaired) electrons. The minimum Gasteiger partial charge on any atom is -0.474 e. The minimum atomic E-state index is -0.673. The van der Waals surface area contributed by atoms with Crippen molar-refractivity contribution in [3.8, 4) is 5.88 Å². The maximum atomic E-state index is 10.7. The van der Waals surface area contributed by atoms with Crippen LogP contribution in [0.3, 0.4) is 0 Å². The van der Waals surface area contributed by atoms with E-state index in [-0.39, 0.29) is 18.2 Å². The first-order valence-electron chi connectivity index (χ1n) is 3.51. The molecule has 1 N–H and O–H groups in total. The third kappa shape index (κ3) is 2.01. The Morgan fingerprint density at radius 2 is 2.46 bits per heavy atom. The summed E-state index contributed by atoms with van der Waals surface area (Å²) in [4.78, 5) is 25.7. The predicted octanol–water partition coefficient (Wildman–Crippen LogP) is 0.0768. The second kappa shape index (κ2) is 3.65. The number of nitro groups is 1. The molecule has 0 bridgehead atoms. The summed E-state index contributed by atoms with van der Waals surface area (Å²) in [7, 11) is 0. The Bertz CT molecular complexity index is 372. The summed E-state index contributed by atoms with van der Waals surface area (Å²) in [5.74, 6) is -0.160. The van der Waals surface area contributed by atoms with Crippen molar-refractivity contribution in [2.75, 3.05) is 6.61 Å². The van der Waals surface area contributed by atoms with Gasteiger partial charge in [0.2, 0.25) is 0 Å². The Hall–Kier alpha value is -1.92. The molecule has 0 aromatic carbocycles. The van der Waals surface area contributed by atoms with Gasteiger partial charge in [0.1, 0.15) is 6.20 Å². The lowest BCUT2D eigenvalue weighted by molar-refractivity contribution is -0.386. The first-order valence-corrected chi connectivity index (χ1v) is 3.51. The van der Waals surface area contributed by atoms with Crippen LogP contribution in [0.15, 0.2) is 11.0 Å². The number of hydrogen-bond acceptors (Lipinski definition) is 5. The highest BCUT2D eigenvalue weighted by molar-refractivity contribution is 5.36. The van der Waals surface area contributed by atoms with Gasteiger partial charge in [-0.3, -0.25) is 15.1 Å². The molecule has 70 valence electrons. The fourth-order valence-electron chi connectivity index (χ4n) is 0.756. The summed E-state index contributed by atoms with van der Waals surface area (Å²) >= 11 is 0. The fourth-order valence-corrected chi connectivity index (χ4v) is 0.756. The molecule has 1 aromatic heterocycles. The van der Waals surface area contributed by atoms with E-state index in [0.29, 0.717) is 0 Å². The van der Waals surface area contributed by atoms with Crippen LogP contribution in [0.5, 0.6) is 5.88 Å². The molecule has 0 unspecified atom stereocenters. The zero-order chi connectivity index (χ0) is 9.84. The van der Waals surface area contributed by atoms with E-state index in [1.54, 1.807) is 6.92 Å². The summed E-state index contributed by atoms with van der Waals surface area (Å²) < 4.78 is 4.84. The van der Waals surface area contributed by atoms with Crippen LogP contribution in [-0.4, -0.2) is 21.5 Å². The van der Waals surface area contributed by atoms with Crippen LogP contribution in [-0.2, 0) is 0 Å². The molecule has 1 aromatic rings. The molecular formula is C6H7N3O4. The third-order valence-corrected chi connectivity index (χ3v) is 1.24. The summed E-state index contributed by atoms with van der Waals surface area (Å²) in [6.45, 7) is 1.89. The van der Waals surface area contributed by atoms with E-state index in [1.165, 1.54) is 0 Å². The van der Waals surface area contributed by atoms with Crippen molar-refractivity contribution in [1.29, 1.82) is 0 Å². The maximum Gasteiger partial charge on any atom is 0.348 e. The van der Waals surface area contributed by atoms with E-state index in [1.807, 2.05) is 0 Å². The molecule has 7 nitrogen and oxygen atoms in total. The molecule has 0 saturated carbocycles. The normalized spacial score (nSPS) is 9.62. The Morgan fingerprint density at radius 3 is 3.00 bits per heavy atom. The minimum absolute atomic E-state index is 0.160. The zero-order valence-corrected chi connectivity index (χ0v) is 6.81. The quantitative estimate of drug-likeness (QED) is 0.531. The zero-order valence-electron chi connectivity index (χ0n) is 6.81. The molecule has 1 rings (SSSR count). The van der Waals surface area contributed by atoms with E-state index in [9.17, 15) is 14.9 Å². The van der Waals surface area contributed by atoms with Gasteiger partial charge in [-0.25, -0.2) is 4.79 Å². The van der Waals surface area contributed by atoms with Crippen LogP contribution in [0, 0.1) is 10.1 Å². The molecule has 0 aliphatic heterocycles. The SMILES string of the molecule is CCOc1[nH]c(=O)ncc1[N+](=O)[O-]. The van der Waals surface area contributed by atoms with Crippen molar-refractivity contribution in [3.63, 3.8) is 0 Å². The van der Waals surface area contributed by atoms with Crippen LogP contribution in [0.25, 0.3) is 0 Å². The molecule has 0 fully saturated rings. The van der Waals surface area contributed by atoms with Crippen LogP contribution in [0.2, 0.25) is 0 Å². The van der Waals surface area contributed by atoms with Crippen LogP contribution in [0.4, 0.5) is 5.69 Å². The van der Waals surface area contributed by atoms with Crippen LogP contribution >= 0.6 is 0 Å². The maximum absolute atomic E-state index is 10.7. The standard InChI is InChI=1S/C6H7N3O4/c1-2-13-5-4(9(11)12)3-7-6(10)8-5/h3H,2H2,1H3,(H,7,8,10). The molecule has 0 saturated heterocycles. The number of H-pyrrole nitrogens is 1. The van der Waals surface area contributed by atoms with Crippen molar-refractivity contribution in [2.24, 2.45) is 0 Å². The van der Waals surface area contributed by atoms with Gasteiger partial charge >= 0.3 is 11.4 Å². The van der Waals surface area contributed by atoms with Gasteiger partial charge in [0, 0.05) is 0 Å². The first kappa shape index (κ1) is 9.17. The smallest absolute Gasteiger partial charge is 0.348 e. The highest BCUT2D eigenvalue weighted by Gasteiger charge is 2.15. The van der Waals surface area contributed by atoms with Crippen molar-refractivity contribution >= 4 is 5.69 Å². The number of nitrogens with zero attached hydrogens (tertiary/aromatic N) is 2. The van der Waals surface area contributed by atoms with Crippen molar-refractivity contribution < 1.29 is 9.66 Å². The fraction of sp³-hybridized carbons (Fsp3) is 0.333. The molecule has 1 heterocycles. The van der Waals surface area contributed by atoms with Gasteiger partial charge in [-0.05, 0) is 6.92 Å². The van der Waals surface area contributed by atoms with Crippen molar-refractivity contribution in [2.45, 2.75) is 6.92 Å². The largest absolute Gasteiger partial charge is 0.474 e. The van der Waals surface area contributed by atoms with E-state index in [2.05, 4.69) is 9.97 Å². The molecule has 7 heteroatoms. The highest BCUT2D eigenvalue weighted by Crippen LogP contribution is 2.19. The van der Waals surface area contributed by atoms with E-state index < -0.39 is 10.6 Å². The Morgan fingerprint density at radius 1 is 1.77 bits per heavy atom. The Labute approximate surface area is 72.5 Å². The van der Waals surface area contributed by atoms with Gasteiger partial charge < -0.3 is 4.74 Å². The lowest BCUT2D eigenvalue weighted by Crippen LogP contribution is -2.13. The molecule has 0 amide bonds. The molecule has 0 atom stereocenters. The van der Waals surface area contributed by atoms with Gasteiger partial charge in [0.15, 0.2) is 0 Å². The second-order valence-electron chi connectivity index (χ2n) is 2.09. The van der Waals surface area contributed by atoms with Crippen molar-refractivity contribution in [3.05, 3.63) is 26.8 Å². The summed E-state index contributed by atoms with van der Waals surface area (Å²) in [5, 5.41) is 10.4. The third-order valence-electron chi connectivity index (χ3n) is 1.24. The monoisotopic (exact) mass is 185 g/mol. The van der Waals surface area contributed by atoms with Crippen LogP contribution in [0.1, 0.15) is 6.92 Å². The number of hydrogen-bond donors (Lipinski definition) is 1. The number of aromatic nitrogens is 2. The Balaban J connectivity index is 3.18. The predicted molar refractivity (Wildman–Crippen MR) is 42.7 cm³/mol. The number of nitrogens with one attached hydrogen (secondary N) is 1. The summed E-state index contributed by atoms with van der Waals surface area (Å²) in [6, 6.07) is 0. The number of rotatable bonds is 3. The Kier molecular flexibility index (Phi) is 2.58. The topological polar surface area (TPSA) is 98.1 Å². The molecular weight excluding hydrogens is 178 g/mol. The summed E-state index contributed by atoms with van der Waals surface area (Å²) in [5.41, 5.74) is -1.02. The first-order chi connectivity index (χ1) is 6.15. The number of ether oxygens (including phenoxy) is 1. The van der Waals surface area contributed by atoms with Gasteiger partial charge in [0.25, 0.3) is 5.88 Å². The highest BCUT2D eigenvalue weighted by atomic mass is 16.6. The van der Waals surface area contributed by atoms with Crippen LogP contribution < -0.4 is 10.4 Å². The number of aromatic amines is 1. The van der Waals surface area contributed by atoms with Crippen molar-refractivity contribution in [1.82, 2.24) is 9.97 Å². The van der Waals surface area contributed by atoms with Gasteiger partial charge in [-0.1, -0.05) is 0 Å². The van der Waals surface area contributed by atoms with Gasteiger partial charge in [0.05, 0.1) is 11.5 Å². The lowest BCUT2D eigenvalue weighted by Gasteiger charge is -2.00. The molecule has 13 heavy (non-hydrogen) atoms. The second-order valence-corrected chi connectivity index (χ2v) is 2.09. The summed E-state index contributed by atoms with van der Waals surface area (Å²) in [6.07, 6.45) is 0.865. The van der Waals surface area contributed by atoms with E-state index in [0.717, 1.165) is 6.20 Å². The van der Waals surface area contributed by atoms with E-state index >= 15 is 0 Å². The molecule has 0 aliphatic carbocycles. The van der Waals surface area contributed by atoms with E-state index in [4.69, 9.17) is 4.74 Å².